The maximum absolute atomic E-state index is 12.6. The van der Waals surface area contributed by atoms with Gasteiger partial charge in [-0.1, -0.05) is 6.92 Å². The normalized spacial score (nSPS) is 35.6. The molecule has 1 saturated carbocycles. The minimum Gasteiger partial charge on any atom is -0.352 e. The first-order valence-corrected chi connectivity index (χ1v) is 7.44. The zero-order valence-electron chi connectivity index (χ0n) is 11.8. The van der Waals surface area contributed by atoms with Gasteiger partial charge in [0.15, 0.2) is 0 Å². The van der Waals surface area contributed by atoms with Gasteiger partial charge in [0.25, 0.3) is 0 Å². The Labute approximate surface area is 117 Å². The fourth-order valence-electron chi connectivity index (χ4n) is 3.27. The standard InChI is InChI=1S/C14H23F3N2O/c1-9-6-12(8-18-7-9)19-13(20)10-2-4-11(5-3-10)14(15,16)17/h9-12,18H,2-8H2,1H3,(H,19,20). The predicted octanol–water partition coefficient (Wildman–Crippen LogP) is 2.47. The summed E-state index contributed by atoms with van der Waals surface area (Å²) in [6.07, 6.45) is -2.29. The first-order chi connectivity index (χ1) is 9.36. The Hall–Kier alpha value is -0.780. The summed E-state index contributed by atoms with van der Waals surface area (Å²) in [7, 11) is 0. The van der Waals surface area contributed by atoms with Gasteiger partial charge in [-0.05, 0) is 44.6 Å². The lowest BCUT2D eigenvalue weighted by atomic mass is 9.81. The van der Waals surface area contributed by atoms with Gasteiger partial charge in [0.1, 0.15) is 0 Å². The van der Waals surface area contributed by atoms with Crippen molar-refractivity contribution in [2.75, 3.05) is 13.1 Å². The highest BCUT2D eigenvalue weighted by Crippen LogP contribution is 2.39. The summed E-state index contributed by atoms with van der Waals surface area (Å²) in [6.45, 7) is 3.84. The van der Waals surface area contributed by atoms with Gasteiger partial charge in [-0.2, -0.15) is 13.2 Å². The van der Waals surface area contributed by atoms with E-state index >= 15 is 0 Å². The summed E-state index contributed by atoms with van der Waals surface area (Å²) in [5.74, 6) is -1.00. The van der Waals surface area contributed by atoms with E-state index in [-0.39, 0.29) is 30.7 Å². The lowest BCUT2D eigenvalue weighted by molar-refractivity contribution is -0.184. The molecule has 0 radical (unpaired) electrons. The van der Waals surface area contributed by atoms with Crippen molar-refractivity contribution >= 4 is 5.91 Å². The van der Waals surface area contributed by atoms with E-state index in [4.69, 9.17) is 0 Å². The molecule has 20 heavy (non-hydrogen) atoms. The number of alkyl halides is 3. The number of halogens is 3. The van der Waals surface area contributed by atoms with E-state index in [9.17, 15) is 18.0 Å². The molecule has 2 fully saturated rings. The van der Waals surface area contributed by atoms with Crippen LogP contribution in [-0.4, -0.2) is 31.2 Å². The molecule has 2 atom stereocenters. The summed E-state index contributed by atoms with van der Waals surface area (Å²) in [4.78, 5) is 12.1. The van der Waals surface area contributed by atoms with Crippen LogP contribution in [-0.2, 0) is 4.79 Å². The third-order valence-corrected chi connectivity index (χ3v) is 4.48. The van der Waals surface area contributed by atoms with Crippen molar-refractivity contribution in [3.05, 3.63) is 0 Å². The largest absolute Gasteiger partial charge is 0.391 e. The van der Waals surface area contributed by atoms with Gasteiger partial charge in [-0.25, -0.2) is 0 Å². The van der Waals surface area contributed by atoms with Crippen molar-refractivity contribution in [2.45, 2.75) is 51.2 Å². The second kappa shape index (κ2) is 6.33. The van der Waals surface area contributed by atoms with Crippen LogP contribution < -0.4 is 10.6 Å². The summed E-state index contributed by atoms with van der Waals surface area (Å²) >= 11 is 0. The van der Waals surface area contributed by atoms with Crippen LogP contribution in [0, 0.1) is 17.8 Å². The minimum atomic E-state index is -4.11. The van der Waals surface area contributed by atoms with E-state index in [1.807, 2.05) is 0 Å². The van der Waals surface area contributed by atoms with Crippen molar-refractivity contribution in [1.82, 2.24) is 10.6 Å². The molecule has 0 aromatic rings. The molecule has 2 N–H and O–H groups in total. The van der Waals surface area contributed by atoms with Crippen LogP contribution in [0.25, 0.3) is 0 Å². The fourth-order valence-corrected chi connectivity index (χ4v) is 3.27. The summed E-state index contributed by atoms with van der Waals surface area (Å²) in [5.41, 5.74) is 0. The average molecular weight is 292 g/mol. The molecular formula is C14H23F3N2O. The molecule has 116 valence electrons. The van der Waals surface area contributed by atoms with Gasteiger partial charge in [0.05, 0.1) is 5.92 Å². The highest BCUT2D eigenvalue weighted by Gasteiger charge is 2.42. The van der Waals surface area contributed by atoms with Crippen LogP contribution in [0.1, 0.15) is 39.0 Å². The number of hydrogen-bond donors (Lipinski definition) is 2. The van der Waals surface area contributed by atoms with Crippen LogP contribution in [0.3, 0.4) is 0 Å². The van der Waals surface area contributed by atoms with E-state index in [0.717, 1.165) is 19.5 Å². The smallest absolute Gasteiger partial charge is 0.352 e. The first kappa shape index (κ1) is 15.6. The number of carbonyl (C=O) groups is 1. The average Bonchev–Trinajstić information content (AvgIpc) is 2.38. The molecule has 2 rings (SSSR count). The molecular weight excluding hydrogens is 269 g/mol. The lowest BCUT2D eigenvalue weighted by Gasteiger charge is -2.32. The molecule has 0 aromatic carbocycles. The van der Waals surface area contributed by atoms with Gasteiger partial charge < -0.3 is 10.6 Å². The summed E-state index contributed by atoms with van der Waals surface area (Å²) in [5, 5.41) is 6.25. The van der Waals surface area contributed by atoms with Crippen molar-refractivity contribution in [1.29, 1.82) is 0 Å². The topological polar surface area (TPSA) is 41.1 Å². The molecule has 0 bridgehead atoms. The maximum atomic E-state index is 12.6. The number of carbonyl (C=O) groups excluding carboxylic acids is 1. The minimum absolute atomic E-state index is 0.0634. The molecule has 1 amide bonds. The van der Waals surface area contributed by atoms with Crippen LogP contribution in [0.4, 0.5) is 13.2 Å². The molecule has 6 heteroatoms. The number of rotatable bonds is 2. The van der Waals surface area contributed by atoms with Gasteiger partial charge in [0, 0.05) is 18.5 Å². The van der Waals surface area contributed by atoms with Crippen molar-refractivity contribution in [3.8, 4) is 0 Å². The van der Waals surface area contributed by atoms with Crippen molar-refractivity contribution in [2.24, 2.45) is 17.8 Å². The number of amides is 1. The highest BCUT2D eigenvalue weighted by atomic mass is 19.4. The zero-order chi connectivity index (χ0) is 14.8. The lowest BCUT2D eigenvalue weighted by Crippen LogP contribution is -2.50. The summed E-state index contributed by atoms with van der Waals surface area (Å²) < 4.78 is 37.7. The summed E-state index contributed by atoms with van der Waals surface area (Å²) in [6, 6.07) is 0.117. The van der Waals surface area contributed by atoms with Crippen molar-refractivity contribution in [3.63, 3.8) is 0 Å². The van der Waals surface area contributed by atoms with E-state index < -0.39 is 12.1 Å². The SMILES string of the molecule is CC1CNCC(NC(=O)C2CCC(C(F)(F)F)CC2)C1. The molecule has 2 unspecified atom stereocenters. The Morgan fingerprint density at radius 3 is 2.35 bits per heavy atom. The third kappa shape index (κ3) is 4.11. The number of hydrogen-bond acceptors (Lipinski definition) is 2. The van der Waals surface area contributed by atoms with E-state index in [0.29, 0.717) is 18.8 Å². The predicted molar refractivity (Wildman–Crippen MR) is 70.1 cm³/mol. The Morgan fingerprint density at radius 2 is 1.80 bits per heavy atom. The molecule has 1 aliphatic carbocycles. The Bertz CT molecular complexity index is 338. The molecule has 1 aliphatic heterocycles. The molecule has 2 aliphatic rings. The van der Waals surface area contributed by atoms with E-state index in [1.165, 1.54) is 0 Å². The Balaban J connectivity index is 1.77. The fraction of sp³-hybridized carbons (Fsp3) is 0.929. The van der Waals surface area contributed by atoms with Gasteiger partial charge in [-0.15, -0.1) is 0 Å². The van der Waals surface area contributed by atoms with Crippen LogP contribution >= 0.6 is 0 Å². The van der Waals surface area contributed by atoms with Crippen molar-refractivity contribution < 1.29 is 18.0 Å². The second-order valence-corrected chi connectivity index (χ2v) is 6.29. The maximum Gasteiger partial charge on any atom is 0.391 e. The quantitative estimate of drug-likeness (QED) is 0.821. The first-order valence-electron chi connectivity index (χ1n) is 7.44. The molecule has 0 aromatic heterocycles. The highest BCUT2D eigenvalue weighted by molar-refractivity contribution is 5.79. The zero-order valence-corrected chi connectivity index (χ0v) is 11.8. The van der Waals surface area contributed by atoms with Gasteiger partial charge in [0.2, 0.25) is 5.91 Å². The van der Waals surface area contributed by atoms with E-state index in [2.05, 4.69) is 17.6 Å². The monoisotopic (exact) mass is 292 g/mol. The van der Waals surface area contributed by atoms with Crippen LogP contribution in [0.2, 0.25) is 0 Å². The Morgan fingerprint density at radius 1 is 1.15 bits per heavy atom. The number of piperidine rings is 1. The molecule has 1 saturated heterocycles. The Kier molecular flexibility index (Phi) is 4.94. The van der Waals surface area contributed by atoms with E-state index in [1.54, 1.807) is 0 Å². The molecule has 1 heterocycles. The number of nitrogens with one attached hydrogen (secondary N) is 2. The second-order valence-electron chi connectivity index (χ2n) is 6.29. The van der Waals surface area contributed by atoms with Gasteiger partial charge in [-0.3, -0.25) is 4.79 Å². The van der Waals surface area contributed by atoms with Crippen LogP contribution in [0.5, 0.6) is 0 Å². The third-order valence-electron chi connectivity index (χ3n) is 4.48. The molecule has 0 spiro atoms. The van der Waals surface area contributed by atoms with Crippen LogP contribution in [0.15, 0.2) is 0 Å². The molecule has 3 nitrogen and oxygen atoms in total. The van der Waals surface area contributed by atoms with Gasteiger partial charge >= 0.3 is 6.18 Å².